The van der Waals surface area contributed by atoms with E-state index in [0.29, 0.717) is 11.3 Å². The summed E-state index contributed by atoms with van der Waals surface area (Å²) in [5, 5.41) is 1.70. The van der Waals surface area contributed by atoms with Gasteiger partial charge in [0.25, 0.3) is 5.91 Å². The molecule has 0 unspecified atom stereocenters. The second kappa shape index (κ2) is 6.14. The summed E-state index contributed by atoms with van der Waals surface area (Å²) in [5.74, 6) is -0.579. The third-order valence-electron chi connectivity index (χ3n) is 2.10. The van der Waals surface area contributed by atoms with Gasteiger partial charge < -0.3 is 15.8 Å². The molecule has 0 radical (unpaired) electrons. The van der Waals surface area contributed by atoms with E-state index >= 15 is 0 Å². The van der Waals surface area contributed by atoms with Crippen LogP contribution in [0.3, 0.4) is 0 Å². The van der Waals surface area contributed by atoms with E-state index in [9.17, 15) is 18.0 Å². The van der Waals surface area contributed by atoms with Gasteiger partial charge in [-0.2, -0.15) is 13.2 Å². The van der Waals surface area contributed by atoms with Gasteiger partial charge in [0.05, 0.1) is 5.69 Å². The maximum Gasteiger partial charge on any atom is 0.405 e. The normalized spacial score (nSPS) is 11.2. The van der Waals surface area contributed by atoms with Crippen molar-refractivity contribution in [3.05, 3.63) is 22.2 Å². The van der Waals surface area contributed by atoms with Crippen molar-refractivity contribution in [3.63, 3.8) is 0 Å². The third kappa shape index (κ3) is 5.37. The van der Waals surface area contributed by atoms with Crippen molar-refractivity contribution in [2.24, 2.45) is 0 Å². The van der Waals surface area contributed by atoms with E-state index in [1.165, 1.54) is 0 Å². The van der Waals surface area contributed by atoms with Gasteiger partial charge in [0.15, 0.2) is 6.61 Å². The molecule has 0 aliphatic carbocycles. The van der Waals surface area contributed by atoms with Crippen molar-refractivity contribution in [1.82, 2.24) is 5.32 Å². The van der Waals surface area contributed by atoms with Crippen molar-refractivity contribution >= 4 is 27.5 Å². The number of nitrogen functional groups attached to an aromatic ring is 1. The first-order valence-corrected chi connectivity index (χ1v) is 6.00. The van der Waals surface area contributed by atoms with E-state index in [0.717, 1.165) is 4.47 Å². The van der Waals surface area contributed by atoms with E-state index in [1.807, 2.05) is 0 Å². The van der Waals surface area contributed by atoms with Crippen molar-refractivity contribution in [1.29, 1.82) is 0 Å². The fraction of sp³-hybridized carbons (Fsp3) is 0.364. The molecule has 0 bridgehead atoms. The summed E-state index contributed by atoms with van der Waals surface area (Å²) in [6, 6.07) is 3.30. The number of carbonyl (C=O) groups excluding carboxylic acids is 1. The highest BCUT2D eigenvalue weighted by atomic mass is 79.9. The van der Waals surface area contributed by atoms with Gasteiger partial charge in [-0.3, -0.25) is 4.79 Å². The van der Waals surface area contributed by atoms with E-state index in [2.05, 4.69) is 15.9 Å². The van der Waals surface area contributed by atoms with Crippen molar-refractivity contribution in [2.45, 2.75) is 13.1 Å². The molecule has 8 heteroatoms. The Kier molecular flexibility index (Phi) is 5.04. The van der Waals surface area contributed by atoms with Crippen LogP contribution in [0, 0.1) is 6.92 Å². The summed E-state index contributed by atoms with van der Waals surface area (Å²) < 4.78 is 41.5. The average molecular weight is 341 g/mol. The van der Waals surface area contributed by atoms with Gasteiger partial charge in [0.1, 0.15) is 12.3 Å². The maximum absolute atomic E-state index is 11.9. The number of hydrogen-bond donors (Lipinski definition) is 2. The Bertz CT molecular complexity index is 454. The summed E-state index contributed by atoms with van der Waals surface area (Å²) in [4.78, 5) is 11.2. The van der Waals surface area contributed by atoms with Gasteiger partial charge in [-0.05, 0) is 24.6 Å². The van der Waals surface area contributed by atoms with Crippen LogP contribution in [-0.2, 0) is 4.79 Å². The van der Waals surface area contributed by atoms with Gasteiger partial charge in [-0.15, -0.1) is 0 Å². The number of nitrogens with one attached hydrogen (secondary N) is 1. The molecule has 19 heavy (non-hydrogen) atoms. The molecule has 0 aromatic heterocycles. The van der Waals surface area contributed by atoms with E-state index in [4.69, 9.17) is 10.5 Å². The summed E-state index contributed by atoms with van der Waals surface area (Å²) in [5.41, 5.74) is 6.66. The van der Waals surface area contributed by atoms with Gasteiger partial charge in [-0.25, -0.2) is 0 Å². The van der Waals surface area contributed by atoms with E-state index in [1.54, 1.807) is 24.4 Å². The smallest absolute Gasteiger partial charge is 0.405 e. The molecule has 0 fully saturated rings. The van der Waals surface area contributed by atoms with Crippen LogP contribution in [-0.4, -0.2) is 25.2 Å². The molecule has 1 aromatic carbocycles. The molecule has 0 spiro atoms. The highest BCUT2D eigenvalue weighted by molar-refractivity contribution is 9.10. The molecule has 0 aliphatic heterocycles. The van der Waals surface area contributed by atoms with Crippen molar-refractivity contribution < 1.29 is 22.7 Å². The first-order valence-electron chi connectivity index (χ1n) is 5.21. The number of halogens is 4. The molecule has 0 aliphatic rings. The SMILES string of the molecule is Cc1cc(Br)cc(N)c1OCC(=O)NCC(F)(F)F. The largest absolute Gasteiger partial charge is 0.481 e. The van der Waals surface area contributed by atoms with Crippen LogP contribution < -0.4 is 15.8 Å². The Balaban J connectivity index is 2.56. The molecular formula is C11H12BrF3N2O2. The predicted octanol–water partition coefficient (Wildman–Crippen LogP) is 2.40. The molecule has 0 heterocycles. The standard InChI is InChI=1S/C11H12BrF3N2O2/c1-6-2-7(12)3-8(16)10(6)19-4-9(18)17-5-11(13,14)15/h2-3H,4-5,16H2,1H3,(H,17,18). The molecule has 106 valence electrons. The maximum atomic E-state index is 11.9. The molecule has 4 nitrogen and oxygen atoms in total. The van der Waals surface area contributed by atoms with E-state index in [-0.39, 0.29) is 5.75 Å². The number of nitrogens with two attached hydrogens (primary N) is 1. The van der Waals surface area contributed by atoms with Crippen LogP contribution in [0.5, 0.6) is 5.75 Å². The summed E-state index contributed by atoms with van der Waals surface area (Å²) in [6.45, 7) is -0.198. The summed E-state index contributed by atoms with van der Waals surface area (Å²) in [6.07, 6.45) is -4.44. The lowest BCUT2D eigenvalue weighted by atomic mass is 10.2. The number of benzene rings is 1. The molecule has 1 aromatic rings. The Hall–Kier alpha value is -1.44. The van der Waals surface area contributed by atoms with Crippen molar-refractivity contribution in [2.75, 3.05) is 18.9 Å². The van der Waals surface area contributed by atoms with Crippen LogP contribution in [0.4, 0.5) is 18.9 Å². The molecular weight excluding hydrogens is 329 g/mol. The molecule has 1 amide bonds. The number of ether oxygens (including phenoxy) is 1. The first kappa shape index (κ1) is 15.6. The zero-order valence-electron chi connectivity index (χ0n) is 9.97. The minimum atomic E-state index is -4.44. The number of hydrogen-bond acceptors (Lipinski definition) is 3. The Morgan fingerprint density at radius 1 is 1.47 bits per heavy atom. The number of anilines is 1. The number of rotatable bonds is 4. The summed E-state index contributed by atoms with van der Waals surface area (Å²) in [7, 11) is 0. The Morgan fingerprint density at radius 3 is 2.63 bits per heavy atom. The zero-order valence-corrected chi connectivity index (χ0v) is 11.6. The third-order valence-corrected chi connectivity index (χ3v) is 2.56. The Morgan fingerprint density at radius 2 is 2.11 bits per heavy atom. The average Bonchev–Trinajstić information content (AvgIpc) is 2.23. The highest BCUT2D eigenvalue weighted by Crippen LogP contribution is 2.29. The topological polar surface area (TPSA) is 64.3 Å². The highest BCUT2D eigenvalue weighted by Gasteiger charge is 2.27. The van der Waals surface area contributed by atoms with Gasteiger partial charge in [0.2, 0.25) is 0 Å². The molecule has 3 N–H and O–H groups in total. The van der Waals surface area contributed by atoms with Crippen LogP contribution in [0.15, 0.2) is 16.6 Å². The number of alkyl halides is 3. The lowest BCUT2D eigenvalue weighted by molar-refractivity contribution is -0.139. The van der Waals surface area contributed by atoms with E-state index < -0.39 is 25.2 Å². The lowest BCUT2D eigenvalue weighted by Crippen LogP contribution is -2.36. The first-order chi connectivity index (χ1) is 8.69. The minimum Gasteiger partial charge on any atom is -0.481 e. The number of aryl methyl sites for hydroxylation is 1. The van der Waals surface area contributed by atoms with Crippen LogP contribution in [0.2, 0.25) is 0 Å². The van der Waals surface area contributed by atoms with Gasteiger partial charge in [-0.1, -0.05) is 15.9 Å². The summed E-state index contributed by atoms with van der Waals surface area (Å²) >= 11 is 3.23. The van der Waals surface area contributed by atoms with Crippen LogP contribution in [0.25, 0.3) is 0 Å². The van der Waals surface area contributed by atoms with Gasteiger partial charge in [0, 0.05) is 4.47 Å². The Labute approximate surface area is 116 Å². The second-order valence-corrected chi connectivity index (χ2v) is 4.74. The fourth-order valence-electron chi connectivity index (χ4n) is 1.34. The molecule has 0 saturated heterocycles. The second-order valence-electron chi connectivity index (χ2n) is 3.82. The molecule has 1 rings (SSSR count). The molecule has 0 atom stereocenters. The monoisotopic (exact) mass is 340 g/mol. The quantitative estimate of drug-likeness (QED) is 0.827. The minimum absolute atomic E-state index is 0.283. The zero-order chi connectivity index (χ0) is 14.6. The fourth-order valence-corrected chi connectivity index (χ4v) is 1.93. The van der Waals surface area contributed by atoms with Gasteiger partial charge >= 0.3 is 6.18 Å². The predicted molar refractivity (Wildman–Crippen MR) is 67.9 cm³/mol. The molecule has 0 saturated carbocycles. The number of carbonyl (C=O) groups is 1. The van der Waals surface area contributed by atoms with Crippen LogP contribution in [0.1, 0.15) is 5.56 Å². The number of amides is 1. The van der Waals surface area contributed by atoms with Crippen LogP contribution >= 0.6 is 15.9 Å². The van der Waals surface area contributed by atoms with Crippen molar-refractivity contribution in [3.8, 4) is 5.75 Å². The lowest BCUT2D eigenvalue weighted by Gasteiger charge is -2.13.